The second-order valence-corrected chi connectivity index (χ2v) is 12.4. The van der Waals surface area contributed by atoms with E-state index in [0.29, 0.717) is 16.3 Å². The van der Waals surface area contributed by atoms with E-state index >= 15 is 0 Å². The van der Waals surface area contributed by atoms with Gasteiger partial charge in [-0.05, 0) is 35.8 Å². The van der Waals surface area contributed by atoms with Crippen molar-refractivity contribution in [2.45, 2.75) is 0 Å². The maximum absolute atomic E-state index is 9.46. The number of hydrogen-bond acceptors (Lipinski definition) is 6. The highest BCUT2D eigenvalue weighted by molar-refractivity contribution is 7.25. The summed E-state index contributed by atoms with van der Waals surface area (Å²) in [5.74, 6) is -1.00. The number of fused-ring (bicyclic) bond motifs is 9. The van der Waals surface area contributed by atoms with Gasteiger partial charge in [-0.15, -0.1) is 11.3 Å². The van der Waals surface area contributed by atoms with Crippen molar-refractivity contribution < 1.29 is 32.1 Å². The number of aromatic nitrogens is 3. The van der Waals surface area contributed by atoms with Crippen LogP contribution in [-0.2, 0) is 0 Å². The number of nitrogens with zero attached hydrogens (tertiary/aromatic N) is 3. The molecule has 6 heteroatoms. The zero-order chi connectivity index (χ0) is 48.3. The van der Waals surface area contributed by atoms with Gasteiger partial charge in [0.25, 0.3) is 0 Å². The molecule has 0 saturated heterocycles. The first kappa shape index (κ1) is 16.4. The van der Waals surface area contributed by atoms with Crippen molar-refractivity contribution in [2.24, 2.45) is 0 Å². The number of rotatable bonds is 4. The Hall–Kier alpha value is -6.63. The highest BCUT2D eigenvalue weighted by Crippen LogP contribution is 2.44. The van der Waals surface area contributed by atoms with E-state index in [2.05, 4.69) is 9.97 Å². The molecule has 0 fully saturated rings. The van der Waals surface area contributed by atoms with Crippen LogP contribution in [-0.4, -0.2) is 15.0 Å². The Labute approximate surface area is 319 Å². The van der Waals surface area contributed by atoms with Gasteiger partial charge in [-0.2, -0.15) is 0 Å². The second-order valence-electron chi connectivity index (χ2n) is 11.4. The van der Waals surface area contributed by atoms with Crippen molar-refractivity contribution >= 4 is 75.4 Å². The molecule has 238 valence electrons. The van der Waals surface area contributed by atoms with Gasteiger partial charge in [-0.25, -0.2) is 15.0 Å². The summed E-state index contributed by atoms with van der Waals surface area (Å²) in [6.07, 6.45) is 0. The lowest BCUT2D eigenvalue weighted by Gasteiger charge is -2.09. The lowest BCUT2D eigenvalue weighted by Crippen LogP contribution is -2.00. The number of furan rings is 2. The summed E-state index contributed by atoms with van der Waals surface area (Å²) < 4.78 is 160. The molecule has 0 unspecified atom stereocenters. The van der Waals surface area contributed by atoms with Crippen molar-refractivity contribution in [2.75, 3.05) is 0 Å². The number of hydrogen-bond donors (Lipinski definition) is 0. The van der Waals surface area contributed by atoms with Crippen molar-refractivity contribution in [3.05, 3.63) is 151 Å². The minimum absolute atomic E-state index is 0.0250. The minimum atomic E-state index is -0.688. The van der Waals surface area contributed by atoms with Crippen LogP contribution in [0.2, 0.25) is 0 Å². The van der Waals surface area contributed by atoms with E-state index in [1.807, 2.05) is 0 Å². The lowest BCUT2D eigenvalue weighted by molar-refractivity contribution is 0.668. The zero-order valence-corrected chi connectivity index (χ0v) is 26.5. The van der Waals surface area contributed by atoms with Crippen LogP contribution in [0.4, 0.5) is 0 Å². The fraction of sp³-hybridized carbons (Fsp3) is 0. The van der Waals surface area contributed by atoms with E-state index in [1.165, 1.54) is 12.1 Å². The van der Waals surface area contributed by atoms with Gasteiger partial charge in [0, 0.05) is 64.0 Å². The highest BCUT2D eigenvalue weighted by atomic mass is 32.1. The highest BCUT2D eigenvalue weighted by Gasteiger charge is 2.21. The summed E-state index contributed by atoms with van der Waals surface area (Å²) in [5.41, 5.74) is 0.648. The normalized spacial score (nSPS) is 16.6. The van der Waals surface area contributed by atoms with Crippen molar-refractivity contribution in [1.82, 2.24) is 15.0 Å². The predicted octanol–water partition coefficient (Wildman–Crippen LogP) is 12.7. The predicted molar refractivity (Wildman–Crippen MR) is 209 cm³/mol. The fourth-order valence-corrected chi connectivity index (χ4v) is 7.38. The van der Waals surface area contributed by atoms with Crippen LogP contribution in [0.15, 0.2) is 160 Å². The Morgan fingerprint density at radius 2 is 1.22 bits per heavy atom. The summed E-state index contributed by atoms with van der Waals surface area (Å²) in [6.45, 7) is 0. The van der Waals surface area contributed by atoms with Crippen LogP contribution < -0.4 is 0 Å². The quantitative estimate of drug-likeness (QED) is 0.184. The van der Waals surface area contributed by atoms with E-state index in [1.54, 1.807) is 36.4 Å². The monoisotopic (exact) mass is 688 g/mol. The van der Waals surface area contributed by atoms with Crippen LogP contribution in [0.5, 0.6) is 0 Å². The van der Waals surface area contributed by atoms with Crippen LogP contribution in [0.1, 0.15) is 23.3 Å². The van der Waals surface area contributed by atoms with Gasteiger partial charge in [-0.3, -0.25) is 0 Å². The molecule has 0 radical (unpaired) electrons. The SMILES string of the molecule is [2H]c1cc2c(oc3c([2H])cc([2H])c(-c4cccc5c4oc4cccc(-c6nc(-c7c([2H])c([2H])c([2H])c([2H])c7[2H])nc(-c7c([2H])c([2H])c8c(sc9c([2H])c([2H])c([2H])c([2H])c98)c7[2H])n6)c45)c32)c([2H])c1[2H]. The molecule has 0 N–H and O–H groups in total. The third-order valence-electron chi connectivity index (χ3n) is 8.58. The third kappa shape index (κ3) is 4.37. The summed E-state index contributed by atoms with van der Waals surface area (Å²) in [7, 11) is 0. The molecule has 4 heterocycles. The summed E-state index contributed by atoms with van der Waals surface area (Å²) >= 11 is 0.832. The van der Waals surface area contributed by atoms with E-state index in [4.69, 9.17) is 33.0 Å². The van der Waals surface area contributed by atoms with E-state index in [-0.39, 0.29) is 112 Å². The van der Waals surface area contributed by atoms with Gasteiger partial charge in [0.2, 0.25) is 0 Å². The van der Waals surface area contributed by atoms with E-state index < -0.39 is 83.7 Å². The first-order chi connectivity index (χ1) is 32.3. The lowest BCUT2D eigenvalue weighted by atomic mass is 9.97. The van der Waals surface area contributed by atoms with Gasteiger partial charge >= 0.3 is 0 Å². The van der Waals surface area contributed by atoms with Gasteiger partial charge in [0.15, 0.2) is 17.5 Å². The Balaban J connectivity index is 1.22. The molecule has 0 amide bonds. The molecule has 7 aromatic carbocycles. The number of benzene rings is 7. The Morgan fingerprint density at radius 1 is 0.451 bits per heavy atom. The Morgan fingerprint density at radius 3 is 2.16 bits per heavy atom. The van der Waals surface area contributed by atoms with Gasteiger partial charge in [0.1, 0.15) is 22.3 Å². The first-order valence-corrected chi connectivity index (χ1v) is 16.3. The Bertz CT molecular complexity index is 4120. The largest absolute Gasteiger partial charge is 0.456 e. The standard InChI is InChI=1S/C45H25N3O2S/c1-2-11-26(12-3-1)43-46-44(27-23-24-29-28-13-5-7-22-38(28)51-39(29)25-27)48-45(47-43)34-18-10-21-37-41(34)33-17-8-16-31(42(33)50-37)30-15-9-20-36-40(30)32-14-4-6-19-35(32)49-36/h1-25H/i1D,2D,3D,4D,5D,6D,7D,11D,12D,13D,15D,19D,20D,22D,23D,24D,25D. The summed E-state index contributed by atoms with van der Waals surface area (Å²) in [5, 5.41) is 1.29. The van der Waals surface area contributed by atoms with Crippen LogP contribution >= 0.6 is 11.3 Å². The maximum Gasteiger partial charge on any atom is 0.164 e. The minimum Gasteiger partial charge on any atom is -0.456 e. The zero-order valence-electron chi connectivity index (χ0n) is 42.7. The molecule has 5 nitrogen and oxygen atoms in total. The molecule has 4 aromatic heterocycles. The van der Waals surface area contributed by atoms with Crippen molar-refractivity contribution in [1.29, 1.82) is 0 Å². The molecule has 0 spiro atoms. The number of para-hydroxylation sites is 2. The van der Waals surface area contributed by atoms with Crippen LogP contribution in [0.25, 0.3) is 109 Å². The van der Waals surface area contributed by atoms with Crippen LogP contribution in [0.3, 0.4) is 0 Å². The molecule has 0 aliphatic heterocycles. The smallest absolute Gasteiger partial charge is 0.164 e. The van der Waals surface area contributed by atoms with E-state index in [0.717, 1.165) is 11.3 Å². The molecule has 11 rings (SSSR count). The summed E-state index contributed by atoms with van der Waals surface area (Å²) in [6, 6.07) is 4.70. The first-order valence-electron chi connectivity index (χ1n) is 24.0. The molecule has 0 atom stereocenters. The third-order valence-corrected chi connectivity index (χ3v) is 9.60. The Kier molecular flexibility index (Phi) is 3.51. The van der Waals surface area contributed by atoms with Crippen molar-refractivity contribution in [3.8, 4) is 45.3 Å². The molecular formula is C45H25N3O2S. The van der Waals surface area contributed by atoms with E-state index in [9.17, 15) is 4.11 Å². The fourth-order valence-electron chi connectivity index (χ4n) is 6.41. The topological polar surface area (TPSA) is 65.0 Å². The van der Waals surface area contributed by atoms with Crippen molar-refractivity contribution in [3.63, 3.8) is 0 Å². The average molecular weight is 689 g/mol. The summed E-state index contributed by atoms with van der Waals surface area (Å²) in [4.78, 5) is 14.0. The molecule has 0 aliphatic rings. The second kappa shape index (κ2) is 10.9. The molecular weight excluding hydrogens is 647 g/mol. The molecule has 51 heavy (non-hydrogen) atoms. The average Bonchev–Trinajstić information content (AvgIpc) is 4.03. The molecule has 11 aromatic rings. The number of thiophene rings is 1. The molecule has 0 saturated carbocycles. The van der Waals surface area contributed by atoms with Gasteiger partial charge < -0.3 is 8.83 Å². The van der Waals surface area contributed by atoms with Crippen LogP contribution in [0, 0.1) is 0 Å². The maximum atomic E-state index is 9.46. The van der Waals surface area contributed by atoms with Gasteiger partial charge in [0.05, 0.1) is 23.3 Å². The molecule has 0 aliphatic carbocycles. The molecule has 0 bridgehead atoms. The van der Waals surface area contributed by atoms with Gasteiger partial charge in [-0.1, -0.05) is 121 Å².